The predicted molar refractivity (Wildman–Crippen MR) is 164 cm³/mol. The first-order valence-electron chi connectivity index (χ1n) is 16.0. The highest BCUT2D eigenvalue weighted by atomic mass is 19.1. The van der Waals surface area contributed by atoms with Gasteiger partial charge in [-0.25, -0.2) is 9.18 Å². The molecule has 1 aromatic carbocycles. The molecule has 2 bridgehead atoms. The summed E-state index contributed by atoms with van der Waals surface area (Å²) in [7, 11) is 0. The summed E-state index contributed by atoms with van der Waals surface area (Å²) in [4.78, 5) is 71.1. The van der Waals surface area contributed by atoms with Crippen molar-refractivity contribution < 1.29 is 37.8 Å². The Balaban J connectivity index is 1.34. The molecule has 2 aliphatic carbocycles. The number of nitrogens with zero attached hydrogens (tertiary/aromatic N) is 2. The van der Waals surface area contributed by atoms with Crippen molar-refractivity contribution in [2.45, 2.75) is 96.3 Å². The van der Waals surface area contributed by atoms with Gasteiger partial charge in [0, 0.05) is 13.0 Å². The standard InChI is InChI=1S/C33H44FN5O7/c1-31(2,3)25(37-30(44)46-32(4,5)6)28(42)38-14-18-16-11-17(19(34)12-16)23(18)24(38)27(41)39-15-33(13-21(39)26(35)40)29(43)36-20-9-7-8-10-22(20)45-33/h7-10,16-19,21,23-25H,11-15H2,1-6H3,(H2,35,40)(H,36,43)(H,37,44)/t16-,17+,18+,19+,21-,23-,24-,25+,33+/m0/s1. The predicted octanol–water partition coefficient (Wildman–Crippen LogP) is 2.60. The summed E-state index contributed by atoms with van der Waals surface area (Å²) in [6.45, 7) is 10.5. The van der Waals surface area contributed by atoms with E-state index in [1.807, 2.05) is 0 Å². The normalized spacial score (nSPS) is 33.6. The molecule has 1 aromatic rings. The highest BCUT2D eigenvalue weighted by Crippen LogP contribution is 2.59. The van der Waals surface area contributed by atoms with E-state index in [1.165, 1.54) is 9.80 Å². The number of nitrogens with two attached hydrogens (primary N) is 1. The van der Waals surface area contributed by atoms with Crippen molar-refractivity contribution in [2.24, 2.45) is 34.8 Å². The second kappa shape index (κ2) is 10.8. The van der Waals surface area contributed by atoms with E-state index >= 15 is 4.39 Å². The number of halogens is 1. The molecule has 2 saturated carbocycles. The van der Waals surface area contributed by atoms with Crippen LogP contribution in [0.4, 0.5) is 14.9 Å². The zero-order chi connectivity index (χ0) is 33.5. The SMILES string of the molecule is CC(C)(C)OC(=O)N[C@H](C(=O)N1C[C@@H]2[C@H]3C[C@@H]([C@@H]2[C@H]1C(=O)N1C[C@@]2(C[C@H]1C(N)=O)Oc1ccccc1NC2=O)[C@H](F)C3)C(C)(C)C. The number of hydrogen-bond acceptors (Lipinski definition) is 7. The number of nitrogens with one attached hydrogen (secondary N) is 2. The summed E-state index contributed by atoms with van der Waals surface area (Å²) >= 11 is 0. The van der Waals surface area contributed by atoms with Crippen molar-refractivity contribution in [1.29, 1.82) is 0 Å². The van der Waals surface area contributed by atoms with E-state index in [0.29, 0.717) is 24.3 Å². The maximum atomic E-state index is 15.3. The summed E-state index contributed by atoms with van der Waals surface area (Å²) in [5, 5.41) is 5.54. The number of amides is 5. The number of rotatable bonds is 4. The molecule has 0 radical (unpaired) electrons. The number of carbonyl (C=O) groups is 5. The fourth-order valence-corrected chi connectivity index (χ4v) is 8.41. The lowest BCUT2D eigenvalue weighted by Crippen LogP contribution is -2.61. The van der Waals surface area contributed by atoms with Crippen molar-refractivity contribution in [3.63, 3.8) is 0 Å². The van der Waals surface area contributed by atoms with Crippen LogP contribution in [-0.4, -0.2) is 88.1 Å². The Morgan fingerprint density at radius 1 is 1.09 bits per heavy atom. The molecule has 250 valence electrons. The molecule has 0 unspecified atom stereocenters. The summed E-state index contributed by atoms with van der Waals surface area (Å²) < 4.78 is 27.0. The third kappa shape index (κ3) is 5.34. The Morgan fingerprint density at radius 2 is 1.78 bits per heavy atom. The first kappa shape index (κ1) is 32.1. The summed E-state index contributed by atoms with van der Waals surface area (Å²) in [5.74, 6) is -3.05. The zero-order valence-electron chi connectivity index (χ0n) is 27.2. The van der Waals surface area contributed by atoms with Gasteiger partial charge in [0.25, 0.3) is 5.91 Å². The lowest BCUT2D eigenvalue weighted by molar-refractivity contribution is -0.150. The van der Waals surface area contributed by atoms with Crippen molar-refractivity contribution in [2.75, 3.05) is 18.4 Å². The van der Waals surface area contributed by atoms with Gasteiger partial charge in [0.2, 0.25) is 23.3 Å². The van der Waals surface area contributed by atoms with E-state index in [9.17, 15) is 24.0 Å². The molecule has 12 nitrogen and oxygen atoms in total. The van der Waals surface area contributed by atoms with Gasteiger partial charge in [-0.05, 0) is 74.8 Å². The minimum Gasteiger partial charge on any atom is -0.473 e. The molecule has 6 rings (SSSR count). The first-order chi connectivity index (χ1) is 21.4. The van der Waals surface area contributed by atoms with Crippen molar-refractivity contribution in [1.82, 2.24) is 15.1 Å². The van der Waals surface area contributed by atoms with Crippen LogP contribution >= 0.6 is 0 Å². The van der Waals surface area contributed by atoms with Crippen LogP contribution in [0.1, 0.15) is 60.8 Å². The molecule has 3 aliphatic heterocycles. The summed E-state index contributed by atoms with van der Waals surface area (Å²) in [6.07, 6.45) is -1.07. The van der Waals surface area contributed by atoms with Gasteiger partial charge in [0.15, 0.2) is 0 Å². The van der Waals surface area contributed by atoms with Gasteiger partial charge in [-0.3, -0.25) is 19.2 Å². The second-order valence-electron chi connectivity index (χ2n) is 15.7. The van der Waals surface area contributed by atoms with Gasteiger partial charge >= 0.3 is 6.09 Å². The second-order valence-corrected chi connectivity index (χ2v) is 15.7. The molecule has 1 spiro atoms. The molecule has 2 saturated heterocycles. The van der Waals surface area contributed by atoms with Crippen LogP contribution in [0.15, 0.2) is 24.3 Å². The van der Waals surface area contributed by atoms with Crippen molar-refractivity contribution in [3.8, 4) is 5.75 Å². The van der Waals surface area contributed by atoms with Crippen molar-refractivity contribution >= 4 is 35.4 Å². The van der Waals surface area contributed by atoms with Gasteiger partial charge in [-0.1, -0.05) is 32.9 Å². The molecule has 4 fully saturated rings. The van der Waals surface area contributed by atoms with Crippen molar-refractivity contribution in [3.05, 3.63) is 24.3 Å². The van der Waals surface area contributed by atoms with Crippen LogP contribution in [0, 0.1) is 29.1 Å². The molecule has 4 N–H and O–H groups in total. The van der Waals surface area contributed by atoms with Gasteiger partial charge < -0.3 is 35.6 Å². The van der Waals surface area contributed by atoms with Crippen LogP contribution in [-0.2, 0) is 23.9 Å². The molecular weight excluding hydrogens is 597 g/mol. The van der Waals surface area contributed by atoms with Crippen LogP contribution < -0.4 is 21.1 Å². The number of primary amides is 1. The Bertz CT molecular complexity index is 1470. The smallest absolute Gasteiger partial charge is 0.408 e. The molecule has 5 amide bonds. The average Bonchev–Trinajstić information content (AvgIpc) is 3.70. The maximum absolute atomic E-state index is 15.3. The minimum absolute atomic E-state index is 0.00539. The number of hydrogen-bond donors (Lipinski definition) is 3. The van der Waals surface area contributed by atoms with Crippen LogP contribution in [0.5, 0.6) is 5.75 Å². The molecule has 9 atom stereocenters. The number of alkyl carbamates (subject to hydrolysis) is 1. The van der Waals surface area contributed by atoms with Crippen LogP contribution in [0.3, 0.4) is 0 Å². The Kier molecular flexibility index (Phi) is 7.55. The highest BCUT2D eigenvalue weighted by molar-refractivity contribution is 6.03. The third-order valence-electron chi connectivity index (χ3n) is 10.4. The number of carbonyl (C=O) groups excluding carboxylic acids is 5. The molecule has 5 aliphatic rings. The number of anilines is 1. The lowest BCUT2D eigenvalue weighted by atomic mass is 9.77. The quantitative estimate of drug-likeness (QED) is 0.456. The molecule has 46 heavy (non-hydrogen) atoms. The van der Waals surface area contributed by atoms with Crippen LogP contribution in [0.2, 0.25) is 0 Å². The average molecular weight is 642 g/mol. The summed E-state index contributed by atoms with van der Waals surface area (Å²) in [6, 6.07) is 3.47. The van der Waals surface area contributed by atoms with Gasteiger partial charge in [0.1, 0.15) is 35.6 Å². The number of para-hydroxylation sites is 2. The lowest BCUT2D eigenvalue weighted by Gasteiger charge is -2.39. The molecule has 3 heterocycles. The number of likely N-dealkylation sites (tertiary alicyclic amines) is 2. The summed E-state index contributed by atoms with van der Waals surface area (Å²) in [5.41, 5.74) is 3.12. The number of alkyl halides is 1. The monoisotopic (exact) mass is 641 g/mol. The molecule has 13 heteroatoms. The number of fused-ring (bicyclic) bond motifs is 6. The van der Waals surface area contributed by atoms with E-state index in [4.69, 9.17) is 15.2 Å². The molecule has 0 aromatic heterocycles. The minimum atomic E-state index is -1.58. The fourth-order valence-electron chi connectivity index (χ4n) is 8.41. The molecular formula is C33H44FN5O7. The Morgan fingerprint density at radius 3 is 2.43 bits per heavy atom. The van der Waals surface area contributed by atoms with Crippen LogP contribution in [0.25, 0.3) is 0 Å². The largest absolute Gasteiger partial charge is 0.473 e. The first-order valence-corrected chi connectivity index (χ1v) is 16.0. The van der Waals surface area contributed by atoms with E-state index in [1.54, 1.807) is 65.8 Å². The fraction of sp³-hybridized carbons (Fsp3) is 0.667. The number of ether oxygens (including phenoxy) is 2. The number of benzene rings is 1. The van der Waals surface area contributed by atoms with E-state index < -0.39 is 82.5 Å². The maximum Gasteiger partial charge on any atom is 0.408 e. The Hall–Kier alpha value is -3.90. The topological polar surface area (TPSA) is 160 Å². The van der Waals surface area contributed by atoms with Gasteiger partial charge in [-0.15, -0.1) is 0 Å². The third-order valence-corrected chi connectivity index (χ3v) is 10.4. The zero-order valence-corrected chi connectivity index (χ0v) is 27.2. The van der Waals surface area contributed by atoms with E-state index in [-0.39, 0.29) is 31.3 Å². The Labute approximate surface area is 267 Å². The highest BCUT2D eigenvalue weighted by Gasteiger charge is 2.65. The van der Waals surface area contributed by atoms with E-state index in [2.05, 4.69) is 10.6 Å². The van der Waals surface area contributed by atoms with E-state index in [0.717, 1.165) is 0 Å². The van der Waals surface area contributed by atoms with Gasteiger partial charge in [0.05, 0.1) is 12.2 Å². The van der Waals surface area contributed by atoms with Gasteiger partial charge in [-0.2, -0.15) is 0 Å².